The van der Waals surface area contributed by atoms with Crippen molar-refractivity contribution in [2.45, 2.75) is 76.7 Å². The molecule has 0 bridgehead atoms. The van der Waals surface area contributed by atoms with Gasteiger partial charge in [-0.05, 0) is 81.0 Å². The van der Waals surface area contributed by atoms with E-state index in [0.29, 0.717) is 18.8 Å². The molecule has 4 aliphatic rings. The maximum Gasteiger partial charge on any atom is 0.251 e. The van der Waals surface area contributed by atoms with E-state index in [9.17, 15) is 15.0 Å². The maximum absolute atomic E-state index is 15.1. The molecule has 0 aromatic heterocycles. The highest BCUT2D eigenvalue weighted by atomic mass is 19.3. The summed E-state index contributed by atoms with van der Waals surface area (Å²) in [7, 11) is 0. The van der Waals surface area contributed by atoms with Gasteiger partial charge in [0.15, 0.2) is 5.78 Å². The fraction of sp³-hybridized carbons (Fsp3) is 0.952. The third-order valence-corrected chi connectivity index (χ3v) is 8.83. The zero-order chi connectivity index (χ0) is 18.9. The SMILES string of the molecule is C[C@@]1(O)CC[C@@H]2[C@H]3CC[C@]4(C)[C@@H](C(=O)CO)CC[C@H]4[C@@H]3CC(F)(F)[C@H]2C1. The van der Waals surface area contributed by atoms with Crippen molar-refractivity contribution in [1.82, 2.24) is 0 Å². The highest BCUT2D eigenvalue weighted by Gasteiger charge is 2.64. The summed E-state index contributed by atoms with van der Waals surface area (Å²) in [5.74, 6) is -3.26. The van der Waals surface area contributed by atoms with Crippen molar-refractivity contribution in [2.24, 2.45) is 40.9 Å². The molecule has 0 spiro atoms. The number of aliphatic hydroxyl groups excluding tert-OH is 1. The van der Waals surface area contributed by atoms with Gasteiger partial charge >= 0.3 is 0 Å². The topological polar surface area (TPSA) is 57.5 Å². The molecular formula is C21H32F2O3. The van der Waals surface area contributed by atoms with Crippen LogP contribution in [0.4, 0.5) is 8.78 Å². The first kappa shape index (κ1) is 18.8. The molecule has 3 nitrogen and oxygen atoms in total. The lowest BCUT2D eigenvalue weighted by atomic mass is 9.48. The van der Waals surface area contributed by atoms with Crippen molar-refractivity contribution in [3.8, 4) is 0 Å². The van der Waals surface area contributed by atoms with E-state index in [1.807, 2.05) is 0 Å². The van der Waals surface area contributed by atoms with E-state index in [1.165, 1.54) is 0 Å². The molecule has 8 atom stereocenters. The van der Waals surface area contributed by atoms with Crippen molar-refractivity contribution in [1.29, 1.82) is 0 Å². The van der Waals surface area contributed by atoms with Gasteiger partial charge in [-0.2, -0.15) is 0 Å². The first-order valence-electron chi connectivity index (χ1n) is 10.3. The van der Waals surface area contributed by atoms with Crippen molar-refractivity contribution < 1.29 is 23.8 Å². The second-order valence-corrected chi connectivity index (χ2v) is 10.2. The van der Waals surface area contributed by atoms with Crippen molar-refractivity contribution in [3.05, 3.63) is 0 Å². The second-order valence-electron chi connectivity index (χ2n) is 10.2. The minimum atomic E-state index is -2.73. The monoisotopic (exact) mass is 370 g/mol. The molecule has 0 aliphatic heterocycles. The zero-order valence-corrected chi connectivity index (χ0v) is 15.9. The Labute approximate surface area is 154 Å². The van der Waals surface area contributed by atoms with Crippen LogP contribution in [0.2, 0.25) is 0 Å². The molecule has 0 radical (unpaired) electrons. The fourth-order valence-electron chi connectivity index (χ4n) is 7.63. The lowest BCUT2D eigenvalue weighted by Crippen LogP contribution is -2.57. The molecule has 0 unspecified atom stereocenters. The molecular weight excluding hydrogens is 338 g/mol. The van der Waals surface area contributed by atoms with Gasteiger partial charge in [-0.1, -0.05) is 6.92 Å². The Morgan fingerprint density at radius 1 is 0.962 bits per heavy atom. The van der Waals surface area contributed by atoms with E-state index in [0.717, 1.165) is 25.7 Å². The normalized spacial score (nSPS) is 52.7. The summed E-state index contributed by atoms with van der Waals surface area (Å²) >= 11 is 0. The largest absolute Gasteiger partial charge is 0.390 e. The number of Topliss-reactive ketones (excluding diaryl/α,β-unsaturated/α-hetero) is 1. The second kappa shape index (κ2) is 5.97. The van der Waals surface area contributed by atoms with Crippen LogP contribution < -0.4 is 0 Å². The molecule has 4 rings (SSSR count). The lowest BCUT2D eigenvalue weighted by Gasteiger charge is -2.58. The van der Waals surface area contributed by atoms with Crippen LogP contribution in [0, 0.1) is 40.9 Å². The summed E-state index contributed by atoms with van der Waals surface area (Å²) in [5.41, 5.74) is -1.20. The van der Waals surface area contributed by atoms with Gasteiger partial charge in [0, 0.05) is 18.3 Å². The van der Waals surface area contributed by atoms with E-state index >= 15 is 8.78 Å². The highest BCUT2D eigenvalue weighted by molar-refractivity contribution is 5.83. The summed E-state index contributed by atoms with van der Waals surface area (Å²) in [5, 5.41) is 19.7. The molecule has 4 saturated carbocycles. The van der Waals surface area contributed by atoms with Gasteiger partial charge in [0.1, 0.15) is 6.61 Å². The van der Waals surface area contributed by atoms with Gasteiger partial charge in [0.2, 0.25) is 0 Å². The molecule has 0 aromatic rings. The Morgan fingerprint density at radius 3 is 2.35 bits per heavy atom. The van der Waals surface area contributed by atoms with Crippen LogP contribution >= 0.6 is 0 Å². The number of hydrogen-bond donors (Lipinski definition) is 2. The number of rotatable bonds is 2. The summed E-state index contributed by atoms with van der Waals surface area (Å²) in [6.07, 6.45) is 4.80. The number of hydrogen-bond acceptors (Lipinski definition) is 3. The third-order valence-electron chi connectivity index (χ3n) is 8.83. The molecule has 0 heterocycles. The van der Waals surface area contributed by atoms with Gasteiger partial charge < -0.3 is 10.2 Å². The van der Waals surface area contributed by atoms with Gasteiger partial charge in [-0.3, -0.25) is 4.79 Å². The number of fused-ring (bicyclic) bond motifs is 5. The lowest BCUT2D eigenvalue weighted by molar-refractivity contribution is -0.210. The molecule has 2 N–H and O–H groups in total. The van der Waals surface area contributed by atoms with Crippen molar-refractivity contribution in [2.75, 3.05) is 6.61 Å². The number of ketones is 1. The first-order chi connectivity index (χ1) is 12.1. The van der Waals surface area contributed by atoms with Gasteiger partial charge in [0.05, 0.1) is 5.60 Å². The van der Waals surface area contributed by atoms with Gasteiger partial charge in [0.25, 0.3) is 5.92 Å². The van der Waals surface area contributed by atoms with E-state index in [-0.39, 0.29) is 47.7 Å². The first-order valence-corrected chi connectivity index (χ1v) is 10.3. The molecule has 4 fully saturated rings. The van der Waals surface area contributed by atoms with E-state index in [4.69, 9.17) is 0 Å². The average molecular weight is 370 g/mol. The Morgan fingerprint density at radius 2 is 1.65 bits per heavy atom. The summed E-state index contributed by atoms with van der Waals surface area (Å²) in [4.78, 5) is 12.2. The summed E-state index contributed by atoms with van der Waals surface area (Å²) < 4.78 is 30.3. The number of halogens is 2. The third kappa shape index (κ3) is 2.68. The van der Waals surface area contributed by atoms with Crippen LogP contribution in [0.15, 0.2) is 0 Å². The quantitative estimate of drug-likeness (QED) is 0.777. The zero-order valence-electron chi connectivity index (χ0n) is 15.9. The predicted octanol–water partition coefficient (Wildman–Crippen LogP) is 3.81. The number of aliphatic hydroxyl groups is 2. The predicted molar refractivity (Wildman–Crippen MR) is 93.6 cm³/mol. The van der Waals surface area contributed by atoms with E-state index < -0.39 is 24.0 Å². The van der Waals surface area contributed by atoms with E-state index in [2.05, 4.69) is 6.92 Å². The number of carbonyl (C=O) groups excluding carboxylic acids is 1. The molecule has 0 amide bonds. The van der Waals surface area contributed by atoms with Gasteiger partial charge in [-0.25, -0.2) is 8.78 Å². The molecule has 148 valence electrons. The number of carbonyl (C=O) groups is 1. The smallest absolute Gasteiger partial charge is 0.251 e. The molecule has 5 heteroatoms. The van der Waals surface area contributed by atoms with Crippen LogP contribution in [0.3, 0.4) is 0 Å². The minimum Gasteiger partial charge on any atom is -0.390 e. The van der Waals surface area contributed by atoms with Crippen molar-refractivity contribution in [3.63, 3.8) is 0 Å². The fourth-order valence-corrected chi connectivity index (χ4v) is 7.63. The molecule has 0 aromatic carbocycles. The highest BCUT2D eigenvalue weighted by Crippen LogP contribution is 2.66. The average Bonchev–Trinajstić information content (AvgIpc) is 2.91. The molecule has 4 aliphatic carbocycles. The van der Waals surface area contributed by atoms with Crippen LogP contribution in [0.5, 0.6) is 0 Å². The Hall–Kier alpha value is -0.550. The van der Waals surface area contributed by atoms with E-state index in [1.54, 1.807) is 6.92 Å². The summed E-state index contributed by atoms with van der Waals surface area (Å²) in [6, 6.07) is 0. The van der Waals surface area contributed by atoms with Gasteiger partial charge in [-0.15, -0.1) is 0 Å². The summed E-state index contributed by atoms with van der Waals surface area (Å²) in [6.45, 7) is 3.37. The minimum absolute atomic E-state index is 0.00104. The van der Waals surface area contributed by atoms with Crippen LogP contribution in [0.1, 0.15) is 65.2 Å². The maximum atomic E-state index is 15.1. The van der Waals surface area contributed by atoms with Crippen LogP contribution in [-0.2, 0) is 4.79 Å². The van der Waals surface area contributed by atoms with Crippen LogP contribution in [0.25, 0.3) is 0 Å². The Kier molecular flexibility index (Phi) is 4.32. The van der Waals surface area contributed by atoms with Crippen molar-refractivity contribution >= 4 is 5.78 Å². The standard InChI is InChI=1S/C21H32F2O3/c1-19(26)7-5-13-12-6-8-20(2)15(3-4-16(20)18(25)11-24)14(12)9-21(22,23)17(13)10-19/h12-17,24,26H,3-11H2,1-2H3/t12-,13-,14-,15+,16-,17+,19-,20+/m1/s1. The molecule has 0 saturated heterocycles. The number of alkyl halides is 2. The van der Waals surface area contributed by atoms with Crippen LogP contribution in [-0.4, -0.2) is 34.1 Å². The molecule has 26 heavy (non-hydrogen) atoms. The Bertz CT molecular complexity index is 590. The Balaban J connectivity index is 1.63.